The summed E-state index contributed by atoms with van der Waals surface area (Å²) in [7, 11) is 0. The van der Waals surface area contributed by atoms with Crippen molar-refractivity contribution in [2.45, 2.75) is 39.2 Å². The molecule has 0 saturated carbocycles. The molecule has 0 spiro atoms. The summed E-state index contributed by atoms with van der Waals surface area (Å²) in [4.78, 5) is 26.3. The van der Waals surface area contributed by atoms with E-state index in [0.717, 1.165) is 25.9 Å². The average Bonchev–Trinajstić information content (AvgIpc) is 2.54. The van der Waals surface area contributed by atoms with Crippen LogP contribution in [0.4, 0.5) is 5.69 Å². The number of halogens is 1. The molecule has 2 atom stereocenters. The van der Waals surface area contributed by atoms with Gasteiger partial charge in [0, 0.05) is 24.8 Å². The summed E-state index contributed by atoms with van der Waals surface area (Å²) < 4.78 is 0. The van der Waals surface area contributed by atoms with Gasteiger partial charge in [0.1, 0.15) is 0 Å². The number of hydrogen-bond acceptors (Lipinski definition) is 3. The predicted molar refractivity (Wildman–Crippen MR) is 92.6 cm³/mol. The Kier molecular flexibility index (Phi) is 6.02. The lowest BCUT2D eigenvalue weighted by atomic mass is 10.0. The zero-order chi connectivity index (χ0) is 17.0. The monoisotopic (exact) mass is 337 g/mol. The zero-order valence-corrected chi connectivity index (χ0v) is 14.4. The van der Waals surface area contributed by atoms with Gasteiger partial charge >= 0.3 is 0 Å². The Morgan fingerprint density at radius 1 is 1.22 bits per heavy atom. The molecule has 1 fully saturated rings. The van der Waals surface area contributed by atoms with Gasteiger partial charge in [-0.2, -0.15) is 0 Å². The molecular weight excluding hydrogens is 314 g/mol. The molecule has 2 amide bonds. The average molecular weight is 338 g/mol. The molecule has 1 aliphatic heterocycles. The molecule has 1 aromatic rings. The van der Waals surface area contributed by atoms with Crippen LogP contribution in [0, 0.1) is 5.92 Å². The van der Waals surface area contributed by atoms with Gasteiger partial charge in [-0.1, -0.05) is 18.5 Å². The first-order chi connectivity index (χ1) is 10.9. The van der Waals surface area contributed by atoms with Crippen LogP contribution < -0.4 is 11.1 Å². The van der Waals surface area contributed by atoms with Crippen LogP contribution in [-0.2, 0) is 4.79 Å². The van der Waals surface area contributed by atoms with Crippen LogP contribution in [0.15, 0.2) is 18.2 Å². The molecule has 23 heavy (non-hydrogen) atoms. The molecule has 1 aliphatic rings. The van der Waals surface area contributed by atoms with Crippen molar-refractivity contribution in [2.75, 3.05) is 18.4 Å². The Hall–Kier alpha value is -1.59. The Balaban J connectivity index is 2.08. The summed E-state index contributed by atoms with van der Waals surface area (Å²) in [5, 5.41) is 3.13. The third-order valence-electron chi connectivity index (χ3n) is 4.31. The number of piperidine rings is 1. The topological polar surface area (TPSA) is 75.4 Å². The highest BCUT2D eigenvalue weighted by Gasteiger charge is 2.21. The van der Waals surface area contributed by atoms with E-state index in [-0.39, 0.29) is 23.8 Å². The van der Waals surface area contributed by atoms with Crippen LogP contribution >= 0.6 is 11.6 Å². The highest BCUT2D eigenvalue weighted by Crippen LogP contribution is 2.24. The molecule has 2 rings (SSSR count). The number of nitrogens with one attached hydrogen (secondary N) is 1. The van der Waals surface area contributed by atoms with Crippen molar-refractivity contribution >= 4 is 29.1 Å². The van der Waals surface area contributed by atoms with E-state index < -0.39 is 0 Å². The molecule has 1 heterocycles. The predicted octanol–water partition coefficient (Wildman–Crippen LogP) is 2.89. The van der Waals surface area contributed by atoms with Gasteiger partial charge in [0.15, 0.2) is 0 Å². The lowest BCUT2D eigenvalue weighted by Gasteiger charge is -2.27. The summed E-state index contributed by atoms with van der Waals surface area (Å²) in [6.07, 6.45) is 3.24. The van der Waals surface area contributed by atoms with E-state index in [1.807, 2.05) is 4.90 Å². The number of benzene rings is 1. The summed E-state index contributed by atoms with van der Waals surface area (Å²) in [6.45, 7) is 5.12. The first-order valence-corrected chi connectivity index (χ1v) is 8.43. The van der Waals surface area contributed by atoms with Gasteiger partial charge in [0.2, 0.25) is 5.91 Å². The molecule has 0 aliphatic carbocycles. The fourth-order valence-electron chi connectivity index (χ4n) is 2.53. The number of rotatable bonds is 4. The smallest absolute Gasteiger partial charge is 0.255 e. The van der Waals surface area contributed by atoms with Gasteiger partial charge in [-0.25, -0.2) is 0 Å². The fourth-order valence-corrected chi connectivity index (χ4v) is 2.79. The van der Waals surface area contributed by atoms with Crippen molar-refractivity contribution in [1.29, 1.82) is 0 Å². The van der Waals surface area contributed by atoms with Gasteiger partial charge in [-0.15, -0.1) is 0 Å². The molecule has 0 aromatic heterocycles. The normalized spacial score (nSPS) is 17.5. The van der Waals surface area contributed by atoms with E-state index in [1.165, 1.54) is 6.42 Å². The third kappa shape index (κ3) is 4.45. The van der Waals surface area contributed by atoms with Crippen LogP contribution in [-0.4, -0.2) is 35.8 Å². The molecule has 3 N–H and O–H groups in total. The van der Waals surface area contributed by atoms with Gasteiger partial charge < -0.3 is 16.0 Å². The van der Waals surface area contributed by atoms with E-state index in [2.05, 4.69) is 5.32 Å². The maximum Gasteiger partial charge on any atom is 0.255 e. The van der Waals surface area contributed by atoms with Crippen molar-refractivity contribution in [3.8, 4) is 0 Å². The summed E-state index contributed by atoms with van der Waals surface area (Å²) in [5.74, 6) is -0.508. The maximum atomic E-state index is 12.5. The molecule has 0 bridgehead atoms. The second kappa shape index (κ2) is 7.79. The van der Waals surface area contributed by atoms with Crippen LogP contribution in [0.25, 0.3) is 0 Å². The van der Waals surface area contributed by atoms with Gasteiger partial charge in [-0.3, -0.25) is 9.59 Å². The standard InChI is InChI=1S/C17H24ClN3O2/c1-11(12(2)19)16(22)20-13-6-7-14(15(18)10-13)17(23)21-8-4-3-5-9-21/h6-7,10-12H,3-5,8-9,19H2,1-2H3,(H,20,22). The number of anilines is 1. The third-order valence-corrected chi connectivity index (χ3v) is 4.63. The quantitative estimate of drug-likeness (QED) is 0.887. The maximum absolute atomic E-state index is 12.5. The van der Waals surface area contributed by atoms with Crippen molar-refractivity contribution in [1.82, 2.24) is 4.90 Å². The first-order valence-electron chi connectivity index (χ1n) is 8.05. The number of likely N-dealkylation sites (tertiary alicyclic amines) is 1. The highest BCUT2D eigenvalue weighted by atomic mass is 35.5. The van der Waals surface area contributed by atoms with E-state index in [9.17, 15) is 9.59 Å². The lowest BCUT2D eigenvalue weighted by molar-refractivity contribution is -0.119. The van der Waals surface area contributed by atoms with E-state index in [1.54, 1.807) is 32.0 Å². The largest absolute Gasteiger partial charge is 0.339 e. The Morgan fingerprint density at radius 2 is 1.87 bits per heavy atom. The number of nitrogens with two attached hydrogens (primary N) is 1. The molecule has 1 saturated heterocycles. The number of carbonyl (C=O) groups is 2. The molecule has 6 heteroatoms. The Labute approximate surface area is 142 Å². The van der Waals surface area contributed by atoms with Crippen LogP contribution in [0.3, 0.4) is 0 Å². The highest BCUT2D eigenvalue weighted by molar-refractivity contribution is 6.34. The van der Waals surface area contributed by atoms with E-state index in [0.29, 0.717) is 16.3 Å². The van der Waals surface area contributed by atoms with Crippen LogP contribution in [0.5, 0.6) is 0 Å². The number of amides is 2. The summed E-state index contributed by atoms with van der Waals surface area (Å²) in [6, 6.07) is 4.76. The van der Waals surface area contributed by atoms with E-state index >= 15 is 0 Å². The molecule has 2 unspecified atom stereocenters. The van der Waals surface area contributed by atoms with Crippen LogP contribution in [0.2, 0.25) is 5.02 Å². The molecule has 5 nitrogen and oxygen atoms in total. The lowest BCUT2D eigenvalue weighted by Crippen LogP contribution is -2.36. The SMILES string of the molecule is CC(N)C(C)C(=O)Nc1ccc(C(=O)N2CCCCC2)c(Cl)c1. The van der Waals surface area contributed by atoms with Crippen molar-refractivity contribution < 1.29 is 9.59 Å². The minimum Gasteiger partial charge on any atom is -0.339 e. The van der Waals surface area contributed by atoms with Gasteiger partial charge in [-0.05, 0) is 44.4 Å². The molecule has 0 radical (unpaired) electrons. The van der Waals surface area contributed by atoms with Crippen molar-refractivity contribution in [3.63, 3.8) is 0 Å². The van der Waals surface area contributed by atoms with Crippen LogP contribution in [0.1, 0.15) is 43.5 Å². The second-order valence-corrected chi connectivity index (χ2v) is 6.59. The van der Waals surface area contributed by atoms with Gasteiger partial charge in [0.05, 0.1) is 16.5 Å². The minimum atomic E-state index is -0.302. The zero-order valence-electron chi connectivity index (χ0n) is 13.6. The summed E-state index contributed by atoms with van der Waals surface area (Å²) >= 11 is 6.25. The fraction of sp³-hybridized carbons (Fsp3) is 0.529. The van der Waals surface area contributed by atoms with Crippen molar-refractivity contribution in [3.05, 3.63) is 28.8 Å². The van der Waals surface area contributed by atoms with E-state index in [4.69, 9.17) is 17.3 Å². The first kappa shape index (κ1) is 17.8. The van der Waals surface area contributed by atoms with Gasteiger partial charge in [0.25, 0.3) is 5.91 Å². The Bertz CT molecular complexity index is 583. The minimum absolute atomic E-state index is 0.0449. The molecule has 126 valence electrons. The number of nitrogens with zero attached hydrogens (tertiary/aromatic N) is 1. The molecular formula is C17H24ClN3O2. The summed E-state index contributed by atoms with van der Waals surface area (Å²) in [5.41, 5.74) is 6.78. The second-order valence-electron chi connectivity index (χ2n) is 6.18. The number of carbonyl (C=O) groups excluding carboxylic acids is 2. The number of hydrogen-bond donors (Lipinski definition) is 2. The Morgan fingerprint density at radius 3 is 2.43 bits per heavy atom. The van der Waals surface area contributed by atoms with Crippen molar-refractivity contribution in [2.24, 2.45) is 11.7 Å². The molecule has 1 aromatic carbocycles.